The monoisotopic (exact) mass is 502 g/mol. The zero-order chi connectivity index (χ0) is 18.9. The molecule has 1 aliphatic carbocycles. The third-order valence-corrected chi connectivity index (χ3v) is 5.50. The summed E-state index contributed by atoms with van der Waals surface area (Å²) in [5, 5.41) is 0. The van der Waals surface area contributed by atoms with E-state index in [-0.39, 0.29) is 64.4 Å². The maximum atomic E-state index is 3.59. The Bertz CT molecular complexity index is 943. The molecule has 4 rings (SSSR count). The molecule has 0 heterocycles. The molecule has 1 aliphatic rings. The molecule has 0 bridgehead atoms. The largest absolute Gasteiger partial charge is 4.00 e. The van der Waals surface area contributed by atoms with Gasteiger partial charge < -0.3 is 37.2 Å². The fourth-order valence-electron chi connectivity index (χ4n) is 4.31. The summed E-state index contributed by atoms with van der Waals surface area (Å²) in [5.74, 6) is 0. The summed E-state index contributed by atoms with van der Waals surface area (Å²) in [7, 11) is 0. The molecule has 158 valence electrons. The van der Waals surface area contributed by atoms with E-state index in [1.807, 2.05) is 0 Å². The van der Waals surface area contributed by atoms with Gasteiger partial charge in [-0.15, -0.1) is 0 Å². The first-order valence-corrected chi connectivity index (χ1v) is 9.60. The zero-order valence-electron chi connectivity index (χ0n) is 17.9. The Morgan fingerprint density at radius 1 is 0.645 bits per heavy atom. The van der Waals surface area contributed by atoms with E-state index in [2.05, 4.69) is 112 Å². The fraction of sp³-hybridized carbons (Fsp3) is 0.185. The van der Waals surface area contributed by atoms with E-state index in [9.17, 15) is 0 Å². The van der Waals surface area contributed by atoms with Crippen LogP contribution in [0.5, 0.6) is 0 Å². The number of rotatable bonds is 4. The first-order valence-electron chi connectivity index (χ1n) is 9.60. The van der Waals surface area contributed by atoms with Crippen LogP contribution in [0.25, 0.3) is 0 Å². The molecule has 31 heavy (non-hydrogen) atoms. The fourth-order valence-corrected chi connectivity index (χ4v) is 4.31. The maximum Gasteiger partial charge on any atom is 4.00 e. The standard InChI is InChI=1S/C27H25.3ClH.Ti/c1-20-9-6-14-24(17-20)27(23-12-4-5-13-23,25-15-7-10-21(2)18-25)26-16-8-11-22(3)19-26;;;;/h4-11,14-19H,12H2,1-3H3;3*1H;/q-1;;;;+4/p-3. The van der Waals surface area contributed by atoms with Crippen LogP contribution in [0.1, 0.15) is 39.8 Å². The molecule has 0 nitrogen and oxygen atoms in total. The molecule has 0 N–H and O–H groups in total. The van der Waals surface area contributed by atoms with E-state index in [0.29, 0.717) is 0 Å². The summed E-state index contributed by atoms with van der Waals surface area (Å²) in [6.07, 6.45) is 8.80. The molecule has 0 saturated heterocycles. The van der Waals surface area contributed by atoms with E-state index < -0.39 is 0 Å². The Morgan fingerprint density at radius 2 is 1.03 bits per heavy atom. The van der Waals surface area contributed by atoms with Gasteiger partial charge in [0, 0.05) is 5.41 Å². The van der Waals surface area contributed by atoms with Gasteiger partial charge in [-0.25, -0.2) is 12.2 Å². The topological polar surface area (TPSA) is 0 Å². The minimum Gasteiger partial charge on any atom is -1.00 e. The summed E-state index contributed by atoms with van der Waals surface area (Å²) in [4.78, 5) is 0. The maximum absolute atomic E-state index is 3.59. The van der Waals surface area contributed by atoms with Crippen molar-refractivity contribution in [2.45, 2.75) is 32.6 Å². The van der Waals surface area contributed by atoms with Crippen LogP contribution in [0, 0.1) is 26.8 Å². The van der Waals surface area contributed by atoms with E-state index in [0.717, 1.165) is 6.42 Å². The van der Waals surface area contributed by atoms with Gasteiger partial charge in [-0.05, 0) is 37.5 Å². The average Bonchev–Trinajstić information content (AvgIpc) is 3.18. The molecule has 0 spiro atoms. The number of halogens is 3. The van der Waals surface area contributed by atoms with Crippen molar-refractivity contribution in [3.05, 3.63) is 130 Å². The Morgan fingerprint density at radius 3 is 1.32 bits per heavy atom. The summed E-state index contributed by atoms with van der Waals surface area (Å²) in [5.41, 5.74) is 8.76. The second kappa shape index (κ2) is 12.7. The van der Waals surface area contributed by atoms with Gasteiger partial charge in [0.15, 0.2) is 0 Å². The first-order chi connectivity index (χ1) is 13.1. The quantitative estimate of drug-likeness (QED) is 0.213. The molecule has 0 aliphatic heterocycles. The van der Waals surface area contributed by atoms with Crippen LogP contribution in [0.3, 0.4) is 0 Å². The smallest absolute Gasteiger partial charge is 1.00 e. The number of benzene rings is 3. The molecule has 0 unspecified atom stereocenters. The van der Waals surface area contributed by atoms with Gasteiger partial charge >= 0.3 is 21.7 Å². The zero-order valence-corrected chi connectivity index (χ0v) is 21.8. The number of aryl methyl sites for hydroxylation is 3. The first kappa shape index (κ1) is 29.7. The second-order valence-corrected chi connectivity index (χ2v) is 7.59. The van der Waals surface area contributed by atoms with Crippen LogP contribution < -0.4 is 37.2 Å². The molecule has 0 radical (unpaired) electrons. The van der Waals surface area contributed by atoms with E-state index >= 15 is 0 Å². The van der Waals surface area contributed by atoms with Gasteiger partial charge in [0.05, 0.1) is 0 Å². The molecule has 0 aromatic heterocycles. The molecule has 0 atom stereocenters. The molecule has 0 amide bonds. The van der Waals surface area contributed by atoms with Gasteiger partial charge in [0.2, 0.25) is 0 Å². The SMILES string of the molecule is Cc1cccc(C(C2=[C-]C=CC2)(c2cccc(C)c2)c2cccc(C)c2)c1.[Cl-].[Cl-].[Cl-].[Ti+4]. The molecular weight excluding hydrogens is 479 g/mol. The van der Waals surface area contributed by atoms with Gasteiger partial charge in [0.25, 0.3) is 0 Å². The van der Waals surface area contributed by atoms with E-state index in [1.54, 1.807) is 0 Å². The number of allylic oxidation sites excluding steroid dienone is 4. The summed E-state index contributed by atoms with van der Waals surface area (Å²) < 4.78 is 0. The number of hydrogen-bond acceptors (Lipinski definition) is 0. The average molecular weight is 504 g/mol. The minimum absolute atomic E-state index is 0. The Labute approximate surface area is 220 Å². The molecule has 0 fully saturated rings. The van der Waals surface area contributed by atoms with Crippen molar-refractivity contribution in [3.8, 4) is 0 Å². The van der Waals surface area contributed by atoms with Gasteiger partial charge in [-0.2, -0.15) is 5.57 Å². The molecule has 3 aromatic rings. The van der Waals surface area contributed by atoms with Gasteiger partial charge in [-0.1, -0.05) is 95.9 Å². The van der Waals surface area contributed by atoms with Crippen molar-refractivity contribution in [1.82, 2.24) is 0 Å². The number of hydrogen-bond donors (Lipinski definition) is 0. The normalized spacial score (nSPS) is 11.9. The van der Waals surface area contributed by atoms with Crippen molar-refractivity contribution in [1.29, 1.82) is 0 Å². The Balaban J connectivity index is 0.00000225. The predicted octanol–water partition coefficient (Wildman–Crippen LogP) is -2.35. The molecule has 3 aromatic carbocycles. The van der Waals surface area contributed by atoms with Crippen molar-refractivity contribution in [3.63, 3.8) is 0 Å². The second-order valence-electron chi connectivity index (χ2n) is 7.59. The summed E-state index contributed by atoms with van der Waals surface area (Å²) >= 11 is 0. The Kier molecular flexibility index (Phi) is 12.2. The predicted molar refractivity (Wildman–Crippen MR) is 114 cm³/mol. The van der Waals surface area contributed by atoms with Crippen LogP contribution in [0.2, 0.25) is 0 Å². The van der Waals surface area contributed by atoms with Crippen LogP contribution in [-0.2, 0) is 27.1 Å². The van der Waals surface area contributed by atoms with Crippen LogP contribution in [0.4, 0.5) is 0 Å². The third kappa shape index (κ3) is 5.75. The van der Waals surface area contributed by atoms with E-state index in [1.165, 1.54) is 39.0 Å². The summed E-state index contributed by atoms with van der Waals surface area (Å²) in [6.45, 7) is 6.52. The van der Waals surface area contributed by atoms with Crippen molar-refractivity contribution < 1.29 is 58.9 Å². The minimum atomic E-state index is -0.326. The molecule has 4 heteroatoms. The van der Waals surface area contributed by atoms with Crippen molar-refractivity contribution in [2.75, 3.05) is 0 Å². The van der Waals surface area contributed by atoms with Crippen molar-refractivity contribution >= 4 is 0 Å². The third-order valence-electron chi connectivity index (χ3n) is 5.50. The summed E-state index contributed by atoms with van der Waals surface area (Å²) in [6, 6.07) is 26.8. The van der Waals surface area contributed by atoms with Crippen LogP contribution >= 0.6 is 0 Å². The van der Waals surface area contributed by atoms with Gasteiger partial charge in [-0.3, -0.25) is 6.08 Å². The molecular formula is C27H25Cl3Ti. The van der Waals surface area contributed by atoms with Crippen molar-refractivity contribution in [2.24, 2.45) is 0 Å². The van der Waals surface area contributed by atoms with Gasteiger partial charge in [0.1, 0.15) is 0 Å². The molecule has 0 saturated carbocycles. The van der Waals surface area contributed by atoms with Crippen LogP contribution in [0.15, 0.2) is 90.5 Å². The van der Waals surface area contributed by atoms with E-state index in [4.69, 9.17) is 0 Å². The Hall–Kier alpha value is -1.28. The van der Waals surface area contributed by atoms with Crippen LogP contribution in [-0.4, -0.2) is 0 Å².